The molecule has 0 spiro atoms. The Balaban J connectivity index is 1.95. The van der Waals surface area contributed by atoms with Crippen LogP contribution in [0.4, 0.5) is 4.79 Å². The number of ether oxygens (including phenoxy) is 3. The lowest BCUT2D eigenvalue weighted by molar-refractivity contribution is -0.141. The van der Waals surface area contributed by atoms with Crippen molar-refractivity contribution in [2.45, 2.75) is 51.7 Å². The first-order valence-electron chi connectivity index (χ1n) is 10.6. The fraction of sp³-hybridized carbons (Fsp3) is 0.400. The van der Waals surface area contributed by atoms with E-state index in [9.17, 15) is 14.4 Å². The second-order valence-corrected chi connectivity index (χ2v) is 8.32. The molecule has 8 heteroatoms. The zero-order valence-electron chi connectivity index (χ0n) is 19.4. The van der Waals surface area contributed by atoms with E-state index in [1.807, 2.05) is 0 Å². The van der Waals surface area contributed by atoms with Crippen LogP contribution in [0.3, 0.4) is 0 Å². The van der Waals surface area contributed by atoms with Gasteiger partial charge in [-0.25, -0.2) is 9.59 Å². The highest BCUT2D eigenvalue weighted by Crippen LogP contribution is 2.16. The minimum absolute atomic E-state index is 0.0830. The van der Waals surface area contributed by atoms with Crippen molar-refractivity contribution in [3.05, 3.63) is 53.8 Å². The van der Waals surface area contributed by atoms with Crippen LogP contribution >= 0.6 is 0 Å². The Morgan fingerprint density at radius 2 is 1.88 bits per heavy atom. The number of esters is 1. The fourth-order valence-electron chi connectivity index (χ4n) is 2.88. The van der Waals surface area contributed by atoms with Crippen molar-refractivity contribution in [3.63, 3.8) is 0 Å². The van der Waals surface area contributed by atoms with Crippen LogP contribution in [0.5, 0.6) is 5.75 Å². The number of carbonyl (C=O) groups is 3. The highest BCUT2D eigenvalue weighted by Gasteiger charge is 2.28. The number of hydrogen-bond acceptors (Lipinski definition) is 6. The molecule has 0 saturated carbocycles. The van der Waals surface area contributed by atoms with Crippen molar-refractivity contribution >= 4 is 18.0 Å². The second kappa shape index (κ2) is 11.8. The molecule has 0 bridgehead atoms. The second-order valence-electron chi connectivity index (χ2n) is 8.32. The van der Waals surface area contributed by atoms with Crippen molar-refractivity contribution in [2.24, 2.45) is 0 Å². The topological polar surface area (TPSA) is 103 Å². The van der Waals surface area contributed by atoms with Gasteiger partial charge in [-0.2, -0.15) is 0 Å². The molecular formula is C25H30N2O6. The number of hydrogen-bond donors (Lipinski definition) is 2. The summed E-state index contributed by atoms with van der Waals surface area (Å²) in [5, 5.41) is 4.86. The number of carbonyl (C=O) groups excluding carboxylic acids is 3. The summed E-state index contributed by atoms with van der Waals surface area (Å²) in [6.45, 7) is 8.99. The number of allylic oxidation sites excluding steroid dienone is 2. The summed E-state index contributed by atoms with van der Waals surface area (Å²) in [6, 6.07) is 5.07. The summed E-state index contributed by atoms with van der Waals surface area (Å²) < 4.78 is 15.4. The minimum Gasteiger partial charge on any atom is -0.481 e. The van der Waals surface area contributed by atoms with Gasteiger partial charge in [0.15, 0.2) is 6.04 Å². The van der Waals surface area contributed by atoms with Gasteiger partial charge in [0.25, 0.3) is 5.91 Å². The van der Waals surface area contributed by atoms with Gasteiger partial charge in [0.05, 0.1) is 7.11 Å². The summed E-state index contributed by atoms with van der Waals surface area (Å²) in [4.78, 5) is 36.8. The molecule has 8 nitrogen and oxygen atoms in total. The van der Waals surface area contributed by atoms with Crippen molar-refractivity contribution in [2.75, 3.05) is 13.7 Å². The summed E-state index contributed by atoms with van der Waals surface area (Å²) in [5.74, 6) is 5.27. The van der Waals surface area contributed by atoms with E-state index in [4.69, 9.17) is 14.2 Å². The van der Waals surface area contributed by atoms with Crippen molar-refractivity contribution in [1.82, 2.24) is 10.6 Å². The van der Waals surface area contributed by atoms with E-state index in [2.05, 4.69) is 35.1 Å². The maximum Gasteiger partial charge on any atom is 0.411 e. The Labute approximate surface area is 194 Å². The highest BCUT2D eigenvalue weighted by atomic mass is 16.6. The lowest BCUT2D eigenvalue weighted by Gasteiger charge is -2.23. The number of methoxy groups -OCH3 is 1. The first-order chi connectivity index (χ1) is 15.6. The summed E-state index contributed by atoms with van der Waals surface area (Å²) in [6.07, 6.45) is 4.58. The van der Waals surface area contributed by atoms with Crippen LogP contribution in [0.25, 0.3) is 0 Å². The zero-order chi connectivity index (χ0) is 24.4. The molecule has 1 aromatic carbocycles. The van der Waals surface area contributed by atoms with E-state index in [1.165, 1.54) is 7.11 Å². The molecular weight excluding hydrogens is 424 g/mol. The Morgan fingerprint density at radius 1 is 1.18 bits per heavy atom. The molecule has 33 heavy (non-hydrogen) atoms. The van der Waals surface area contributed by atoms with E-state index in [0.29, 0.717) is 5.75 Å². The standard InChI is InChI=1S/C25H30N2O6/c1-17(26-24(30)33-25(2,3)4)21(23(29)31-5)27-22(28)19-12-14-20(15-13-19)32-16-8-11-18-9-6-7-10-18/h9,12-15,21H,1,6-7,10,16H2,2-5H3,(H,26,30)(H,27,28)/t21-/m0/s1. The fourth-order valence-corrected chi connectivity index (χ4v) is 2.88. The molecule has 1 aliphatic carbocycles. The molecule has 0 heterocycles. The van der Waals surface area contributed by atoms with Crippen molar-refractivity contribution in [1.29, 1.82) is 0 Å². The normalized spacial score (nSPS) is 13.5. The monoisotopic (exact) mass is 454 g/mol. The first-order valence-corrected chi connectivity index (χ1v) is 10.6. The largest absolute Gasteiger partial charge is 0.481 e. The lowest BCUT2D eigenvalue weighted by atomic mass is 10.1. The van der Waals surface area contributed by atoms with Crippen LogP contribution in [0.15, 0.2) is 48.2 Å². The molecule has 0 fully saturated rings. The van der Waals surface area contributed by atoms with E-state index < -0.39 is 29.6 Å². The highest BCUT2D eigenvalue weighted by molar-refractivity contribution is 5.97. The number of benzene rings is 1. The maximum atomic E-state index is 12.6. The molecule has 2 amide bonds. The van der Waals surface area contributed by atoms with E-state index in [0.717, 1.165) is 24.8 Å². The molecule has 1 atom stereocenters. The molecule has 1 aliphatic rings. The van der Waals surface area contributed by atoms with E-state index in [-0.39, 0.29) is 17.9 Å². The predicted octanol–water partition coefficient (Wildman–Crippen LogP) is 3.49. The Bertz CT molecular complexity index is 977. The van der Waals surface area contributed by atoms with Gasteiger partial charge in [-0.1, -0.05) is 24.5 Å². The third-order valence-corrected chi connectivity index (χ3v) is 4.44. The molecule has 0 aliphatic heterocycles. The summed E-state index contributed by atoms with van der Waals surface area (Å²) >= 11 is 0. The molecule has 0 saturated heterocycles. The third kappa shape index (κ3) is 8.73. The Morgan fingerprint density at radius 3 is 2.45 bits per heavy atom. The summed E-state index contributed by atoms with van der Waals surface area (Å²) in [7, 11) is 1.17. The number of amides is 2. The van der Waals surface area contributed by atoms with Crippen LogP contribution in [0, 0.1) is 11.8 Å². The van der Waals surface area contributed by atoms with Crippen LogP contribution in [0.1, 0.15) is 50.4 Å². The number of rotatable bonds is 7. The van der Waals surface area contributed by atoms with Gasteiger partial charge in [0, 0.05) is 11.3 Å². The summed E-state index contributed by atoms with van der Waals surface area (Å²) in [5.41, 5.74) is 0.606. The van der Waals surface area contributed by atoms with Gasteiger partial charge in [-0.3, -0.25) is 10.1 Å². The van der Waals surface area contributed by atoms with Crippen molar-refractivity contribution < 1.29 is 28.6 Å². The quantitative estimate of drug-likeness (QED) is 0.483. The van der Waals surface area contributed by atoms with Crippen LogP contribution in [-0.2, 0) is 14.3 Å². The van der Waals surface area contributed by atoms with Crippen LogP contribution in [-0.4, -0.2) is 43.3 Å². The molecule has 1 aromatic rings. The SMILES string of the molecule is C=C(NC(=O)OC(C)(C)C)[C@H](NC(=O)c1ccc(OCC#CC2=CCCC2)cc1)C(=O)OC. The minimum atomic E-state index is -1.30. The van der Waals surface area contributed by atoms with E-state index >= 15 is 0 Å². The zero-order valence-corrected chi connectivity index (χ0v) is 19.4. The van der Waals surface area contributed by atoms with Crippen molar-refractivity contribution in [3.8, 4) is 17.6 Å². The average Bonchev–Trinajstić information content (AvgIpc) is 3.27. The van der Waals surface area contributed by atoms with Gasteiger partial charge in [-0.15, -0.1) is 0 Å². The Kier molecular flexibility index (Phi) is 9.10. The average molecular weight is 455 g/mol. The molecule has 2 rings (SSSR count). The van der Waals surface area contributed by atoms with Crippen LogP contribution < -0.4 is 15.4 Å². The molecule has 0 aromatic heterocycles. The number of alkyl carbamates (subject to hydrolysis) is 1. The van der Waals surface area contributed by atoms with Gasteiger partial charge >= 0.3 is 12.1 Å². The molecule has 2 N–H and O–H groups in total. The molecule has 0 radical (unpaired) electrons. The first kappa shape index (κ1) is 25.5. The van der Waals surface area contributed by atoms with Gasteiger partial charge in [0.2, 0.25) is 0 Å². The van der Waals surface area contributed by atoms with E-state index in [1.54, 1.807) is 45.0 Å². The van der Waals surface area contributed by atoms with Gasteiger partial charge in [-0.05, 0) is 69.9 Å². The molecule has 176 valence electrons. The third-order valence-electron chi connectivity index (χ3n) is 4.44. The smallest absolute Gasteiger partial charge is 0.411 e. The van der Waals surface area contributed by atoms with Gasteiger partial charge in [0.1, 0.15) is 18.0 Å². The van der Waals surface area contributed by atoms with Gasteiger partial charge < -0.3 is 19.5 Å². The lowest BCUT2D eigenvalue weighted by Crippen LogP contribution is -2.47. The Hall–Kier alpha value is -3.73. The number of nitrogens with one attached hydrogen (secondary N) is 2. The molecule has 0 unspecified atom stereocenters. The van der Waals surface area contributed by atoms with Crippen LogP contribution in [0.2, 0.25) is 0 Å². The predicted molar refractivity (Wildman–Crippen MR) is 123 cm³/mol. The maximum absolute atomic E-state index is 12.6.